The Bertz CT molecular complexity index is 626. The van der Waals surface area contributed by atoms with E-state index in [0.29, 0.717) is 6.42 Å². The molecule has 0 amide bonds. The lowest BCUT2D eigenvalue weighted by molar-refractivity contribution is 0.0979. The molecule has 136 valence electrons. The number of hydrogen-bond donors (Lipinski definition) is 1. The van der Waals surface area contributed by atoms with E-state index >= 15 is 0 Å². The van der Waals surface area contributed by atoms with Crippen molar-refractivity contribution in [3.8, 4) is 0 Å². The number of carbonyl (C=O) groups excluding carboxylic acids is 1. The Balaban J connectivity index is 2.34. The van der Waals surface area contributed by atoms with Crippen molar-refractivity contribution in [1.82, 2.24) is 0 Å². The van der Waals surface area contributed by atoms with Crippen LogP contribution in [0.5, 0.6) is 0 Å². The maximum atomic E-state index is 12.1. The standard InChI is InChI=1S/C18H27ClO4S/c1-2-3-4-5-6-7-8-9-10-11-17(20)15-12-13-16(19)18(14-15)24(21,22)23/h12-14H,2-11H2,1H3,(H,21,22,23). The van der Waals surface area contributed by atoms with Gasteiger partial charge in [0, 0.05) is 12.0 Å². The quantitative estimate of drug-likeness (QED) is 0.290. The zero-order valence-corrected chi connectivity index (χ0v) is 15.8. The van der Waals surface area contributed by atoms with Gasteiger partial charge in [-0.15, -0.1) is 0 Å². The van der Waals surface area contributed by atoms with Crippen LogP contribution in [0, 0.1) is 0 Å². The van der Waals surface area contributed by atoms with Crippen LogP contribution in [0.1, 0.15) is 81.5 Å². The molecule has 1 aromatic carbocycles. The first-order chi connectivity index (χ1) is 11.4. The van der Waals surface area contributed by atoms with Crippen molar-refractivity contribution in [2.24, 2.45) is 0 Å². The molecule has 4 nitrogen and oxygen atoms in total. The van der Waals surface area contributed by atoms with Crippen molar-refractivity contribution in [3.63, 3.8) is 0 Å². The van der Waals surface area contributed by atoms with E-state index in [0.717, 1.165) is 25.3 Å². The summed E-state index contributed by atoms with van der Waals surface area (Å²) in [7, 11) is -4.42. The highest BCUT2D eigenvalue weighted by molar-refractivity contribution is 7.86. The molecule has 1 rings (SSSR count). The molecule has 0 bridgehead atoms. The van der Waals surface area contributed by atoms with Gasteiger partial charge in [0.15, 0.2) is 5.78 Å². The molecule has 0 aliphatic carbocycles. The van der Waals surface area contributed by atoms with E-state index < -0.39 is 15.0 Å². The van der Waals surface area contributed by atoms with Crippen LogP contribution < -0.4 is 0 Å². The van der Waals surface area contributed by atoms with Gasteiger partial charge in [-0.2, -0.15) is 8.42 Å². The van der Waals surface area contributed by atoms with Gasteiger partial charge in [0.05, 0.1) is 5.02 Å². The number of ketones is 1. The van der Waals surface area contributed by atoms with Crippen LogP contribution in [0.15, 0.2) is 23.1 Å². The maximum Gasteiger partial charge on any atom is 0.296 e. The van der Waals surface area contributed by atoms with E-state index in [1.165, 1.54) is 50.7 Å². The fraction of sp³-hybridized carbons (Fsp3) is 0.611. The predicted octanol–water partition coefficient (Wildman–Crippen LogP) is 5.69. The van der Waals surface area contributed by atoms with Gasteiger partial charge in [-0.1, -0.05) is 69.9 Å². The SMILES string of the molecule is CCCCCCCCCCCC(=O)c1ccc(Cl)c(S(=O)(=O)O)c1. The van der Waals surface area contributed by atoms with Crippen LogP contribution in [0.2, 0.25) is 5.02 Å². The highest BCUT2D eigenvalue weighted by Crippen LogP contribution is 2.23. The van der Waals surface area contributed by atoms with Crippen molar-refractivity contribution >= 4 is 27.5 Å². The predicted molar refractivity (Wildman–Crippen MR) is 97.4 cm³/mol. The van der Waals surface area contributed by atoms with Crippen LogP contribution in [-0.2, 0) is 10.1 Å². The van der Waals surface area contributed by atoms with Crippen molar-refractivity contribution in [1.29, 1.82) is 0 Å². The van der Waals surface area contributed by atoms with E-state index in [4.69, 9.17) is 16.2 Å². The minimum Gasteiger partial charge on any atom is -0.294 e. The zero-order valence-electron chi connectivity index (χ0n) is 14.3. The zero-order chi connectivity index (χ0) is 18.0. The minimum absolute atomic E-state index is 0.0860. The smallest absolute Gasteiger partial charge is 0.294 e. The number of Topliss-reactive ketones (excluding diaryl/α,β-unsaturated/α-hetero) is 1. The summed E-state index contributed by atoms with van der Waals surface area (Å²) >= 11 is 5.74. The van der Waals surface area contributed by atoms with E-state index in [1.807, 2.05) is 0 Å². The van der Waals surface area contributed by atoms with Crippen LogP contribution in [0.25, 0.3) is 0 Å². The fourth-order valence-electron chi connectivity index (χ4n) is 2.62. The summed E-state index contributed by atoms with van der Waals surface area (Å²) in [6.45, 7) is 2.20. The van der Waals surface area contributed by atoms with Crippen LogP contribution >= 0.6 is 11.6 Å². The van der Waals surface area contributed by atoms with Crippen LogP contribution in [-0.4, -0.2) is 18.8 Å². The molecule has 6 heteroatoms. The molecule has 0 aliphatic rings. The number of unbranched alkanes of at least 4 members (excludes halogenated alkanes) is 8. The van der Waals surface area contributed by atoms with Gasteiger partial charge in [-0.25, -0.2) is 0 Å². The van der Waals surface area contributed by atoms with Gasteiger partial charge >= 0.3 is 0 Å². The molecule has 0 spiro atoms. The Hall–Kier alpha value is -0.910. The topological polar surface area (TPSA) is 71.4 Å². The third-order valence-corrected chi connectivity index (χ3v) is 5.37. The largest absolute Gasteiger partial charge is 0.296 e. The fourth-order valence-corrected chi connectivity index (χ4v) is 3.62. The van der Waals surface area contributed by atoms with Gasteiger partial charge < -0.3 is 0 Å². The second-order valence-electron chi connectivity index (χ2n) is 6.12. The van der Waals surface area contributed by atoms with Crippen molar-refractivity contribution in [2.75, 3.05) is 0 Å². The Morgan fingerprint density at radius 2 is 1.54 bits per heavy atom. The molecule has 0 aromatic heterocycles. The van der Waals surface area contributed by atoms with E-state index in [2.05, 4.69) is 6.92 Å². The molecule has 0 saturated carbocycles. The van der Waals surface area contributed by atoms with Gasteiger partial charge in [-0.05, 0) is 24.6 Å². The van der Waals surface area contributed by atoms with E-state index in [9.17, 15) is 13.2 Å². The van der Waals surface area contributed by atoms with Gasteiger partial charge in [0.1, 0.15) is 4.90 Å². The molecule has 0 aliphatic heterocycles. The molecule has 1 aromatic rings. The Kier molecular flexibility index (Phi) is 9.56. The average Bonchev–Trinajstić information content (AvgIpc) is 2.52. The minimum atomic E-state index is -4.42. The molecule has 0 heterocycles. The van der Waals surface area contributed by atoms with E-state index in [-0.39, 0.29) is 16.4 Å². The first-order valence-electron chi connectivity index (χ1n) is 8.66. The van der Waals surface area contributed by atoms with E-state index in [1.54, 1.807) is 0 Å². The summed E-state index contributed by atoms with van der Waals surface area (Å²) < 4.78 is 31.5. The summed E-state index contributed by atoms with van der Waals surface area (Å²) in [6.07, 6.45) is 10.9. The van der Waals surface area contributed by atoms with Gasteiger partial charge in [0.25, 0.3) is 10.1 Å². The Morgan fingerprint density at radius 3 is 2.08 bits per heavy atom. The van der Waals surface area contributed by atoms with Crippen LogP contribution in [0.3, 0.4) is 0 Å². The lowest BCUT2D eigenvalue weighted by Gasteiger charge is -2.05. The summed E-state index contributed by atoms with van der Waals surface area (Å²) in [5.74, 6) is -0.125. The number of rotatable bonds is 12. The normalized spacial score (nSPS) is 11.6. The number of hydrogen-bond acceptors (Lipinski definition) is 3. The van der Waals surface area contributed by atoms with Gasteiger partial charge in [-0.3, -0.25) is 9.35 Å². The number of halogens is 1. The monoisotopic (exact) mass is 374 g/mol. The maximum absolute atomic E-state index is 12.1. The number of carbonyl (C=O) groups is 1. The summed E-state index contributed by atoms with van der Waals surface area (Å²) in [4.78, 5) is 11.7. The third-order valence-electron chi connectivity index (χ3n) is 4.04. The van der Waals surface area contributed by atoms with Gasteiger partial charge in [0.2, 0.25) is 0 Å². The highest BCUT2D eigenvalue weighted by Gasteiger charge is 2.17. The third kappa shape index (κ3) is 7.77. The van der Waals surface area contributed by atoms with Crippen molar-refractivity contribution in [3.05, 3.63) is 28.8 Å². The summed E-state index contributed by atoms with van der Waals surface area (Å²) in [6, 6.07) is 3.97. The lowest BCUT2D eigenvalue weighted by Crippen LogP contribution is -2.04. The second-order valence-corrected chi connectivity index (χ2v) is 7.92. The highest BCUT2D eigenvalue weighted by atomic mass is 35.5. The number of benzene rings is 1. The molecule has 0 unspecified atom stereocenters. The van der Waals surface area contributed by atoms with Crippen molar-refractivity contribution < 1.29 is 17.8 Å². The molecular weight excluding hydrogens is 348 g/mol. The molecule has 0 saturated heterocycles. The molecule has 0 atom stereocenters. The summed E-state index contributed by atoms with van der Waals surface area (Å²) in [5.41, 5.74) is 0.270. The molecular formula is C18H27ClO4S. The first kappa shape index (κ1) is 21.1. The molecule has 0 fully saturated rings. The molecule has 0 radical (unpaired) electrons. The summed E-state index contributed by atoms with van der Waals surface area (Å²) in [5, 5.41) is -0.0860. The molecule has 1 N–H and O–H groups in total. The Labute approximate surface area is 150 Å². The van der Waals surface area contributed by atoms with Crippen LogP contribution in [0.4, 0.5) is 0 Å². The first-order valence-corrected chi connectivity index (χ1v) is 10.5. The Morgan fingerprint density at radius 1 is 1.00 bits per heavy atom. The second kappa shape index (κ2) is 10.9. The van der Waals surface area contributed by atoms with Crippen molar-refractivity contribution in [2.45, 2.75) is 76.0 Å². The lowest BCUT2D eigenvalue weighted by atomic mass is 10.0. The molecule has 24 heavy (non-hydrogen) atoms. The average molecular weight is 375 g/mol.